The van der Waals surface area contributed by atoms with Crippen LogP contribution in [0.2, 0.25) is 0 Å². The van der Waals surface area contributed by atoms with Crippen molar-refractivity contribution in [2.45, 2.75) is 39.7 Å². The smallest absolute Gasteiger partial charge is 0.226 e. The second-order valence-corrected chi connectivity index (χ2v) is 6.39. The fourth-order valence-electron chi connectivity index (χ4n) is 2.55. The minimum atomic E-state index is -0.0526. The third kappa shape index (κ3) is 6.02. The standard InChI is InChI=1S/C18H26N2O3/c1-14(2)13-23-10-8-17(21)19-16-6-3-5-15(11-16)12-20-9-4-7-18(20)22/h3,5-6,11,14H,4,7-10,12-13H2,1-2H3,(H,19,21). The predicted molar refractivity (Wildman–Crippen MR) is 90.0 cm³/mol. The lowest BCUT2D eigenvalue weighted by atomic mass is 10.2. The summed E-state index contributed by atoms with van der Waals surface area (Å²) in [6, 6.07) is 7.68. The van der Waals surface area contributed by atoms with Gasteiger partial charge in [-0.25, -0.2) is 0 Å². The Labute approximate surface area is 138 Å². The summed E-state index contributed by atoms with van der Waals surface area (Å²) in [6.45, 7) is 6.70. The van der Waals surface area contributed by atoms with Crippen LogP contribution in [-0.2, 0) is 20.9 Å². The molecule has 0 spiro atoms. The molecule has 0 aliphatic carbocycles. The molecular formula is C18H26N2O3. The van der Waals surface area contributed by atoms with Gasteiger partial charge in [0, 0.05) is 31.8 Å². The lowest BCUT2D eigenvalue weighted by Gasteiger charge is -2.16. The van der Waals surface area contributed by atoms with Gasteiger partial charge in [-0.1, -0.05) is 26.0 Å². The van der Waals surface area contributed by atoms with Gasteiger partial charge in [-0.3, -0.25) is 9.59 Å². The molecule has 2 amide bonds. The van der Waals surface area contributed by atoms with Crippen LogP contribution >= 0.6 is 0 Å². The van der Waals surface area contributed by atoms with Gasteiger partial charge in [0.25, 0.3) is 0 Å². The van der Waals surface area contributed by atoms with Crippen molar-refractivity contribution < 1.29 is 14.3 Å². The zero-order valence-corrected chi connectivity index (χ0v) is 14.0. The first-order valence-corrected chi connectivity index (χ1v) is 8.29. The molecule has 1 saturated heterocycles. The number of carbonyl (C=O) groups is 2. The van der Waals surface area contributed by atoms with E-state index in [0.717, 1.165) is 24.2 Å². The molecule has 1 aliphatic heterocycles. The van der Waals surface area contributed by atoms with Crippen LogP contribution in [0.4, 0.5) is 5.69 Å². The Balaban J connectivity index is 1.80. The van der Waals surface area contributed by atoms with E-state index in [1.165, 1.54) is 0 Å². The molecule has 126 valence electrons. The normalized spacial score (nSPS) is 14.6. The van der Waals surface area contributed by atoms with E-state index in [0.29, 0.717) is 38.5 Å². The van der Waals surface area contributed by atoms with Crippen LogP contribution in [0, 0.1) is 5.92 Å². The molecule has 5 nitrogen and oxygen atoms in total. The Hall–Kier alpha value is -1.88. The van der Waals surface area contributed by atoms with Crippen LogP contribution in [0.1, 0.15) is 38.7 Å². The Morgan fingerprint density at radius 2 is 2.22 bits per heavy atom. The lowest BCUT2D eigenvalue weighted by molar-refractivity contribution is -0.128. The van der Waals surface area contributed by atoms with E-state index >= 15 is 0 Å². The SMILES string of the molecule is CC(C)COCCC(=O)Nc1cccc(CN2CCCC2=O)c1. The van der Waals surface area contributed by atoms with Crippen LogP contribution in [0.3, 0.4) is 0 Å². The number of ether oxygens (including phenoxy) is 1. The van der Waals surface area contributed by atoms with E-state index in [9.17, 15) is 9.59 Å². The molecule has 0 atom stereocenters. The maximum absolute atomic E-state index is 11.9. The van der Waals surface area contributed by atoms with Gasteiger partial charge in [-0.05, 0) is 30.0 Å². The van der Waals surface area contributed by atoms with Crippen molar-refractivity contribution in [1.29, 1.82) is 0 Å². The summed E-state index contributed by atoms with van der Waals surface area (Å²) < 4.78 is 5.42. The number of nitrogens with zero attached hydrogens (tertiary/aromatic N) is 1. The zero-order chi connectivity index (χ0) is 16.7. The molecule has 1 fully saturated rings. The third-order valence-electron chi connectivity index (χ3n) is 3.68. The number of carbonyl (C=O) groups excluding carboxylic acids is 2. The molecule has 1 heterocycles. The first kappa shape index (κ1) is 17.5. The number of hydrogen-bond donors (Lipinski definition) is 1. The first-order chi connectivity index (χ1) is 11.0. The Kier molecular flexibility index (Phi) is 6.59. The van der Waals surface area contributed by atoms with Crippen LogP contribution < -0.4 is 5.32 Å². The number of amides is 2. The van der Waals surface area contributed by atoms with Gasteiger partial charge in [-0.2, -0.15) is 0 Å². The highest BCUT2D eigenvalue weighted by molar-refractivity contribution is 5.90. The maximum Gasteiger partial charge on any atom is 0.226 e. The van der Waals surface area contributed by atoms with E-state index in [1.54, 1.807) is 0 Å². The Morgan fingerprint density at radius 1 is 1.39 bits per heavy atom. The van der Waals surface area contributed by atoms with Gasteiger partial charge in [-0.15, -0.1) is 0 Å². The second-order valence-electron chi connectivity index (χ2n) is 6.39. The molecule has 0 unspecified atom stereocenters. The summed E-state index contributed by atoms with van der Waals surface area (Å²) in [6.07, 6.45) is 1.93. The molecule has 1 aromatic rings. The van der Waals surface area contributed by atoms with Crippen LogP contribution in [0.15, 0.2) is 24.3 Å². The van der Waals surface area contributed by atoms with E-state index < -0.39 is 0 Å². The molecular weight excluding hydrogens is 292 g/mol. The number of benzene rings is 1. The number of hydrogen-bond acceptors (Lipinski definition) is 3. The minimum absolute atomic E-state index is 0.0526. The quantitative estimate of drug-likeness (QED) is 0.750. The van der Waals surface area contributed by atoms with Crippen LogP contribution in [0.5, 0.6) is 0 Å². The molecule has 0 saturated carbocycles. The topological polar surface area (TPSA) is 58.6 Å². The van der Waals surface area contributed by atoms with E-state index in [4.69, 9.17) is 4.74 Å². The van der Waals surface area contributed by atoms with Gasteiger partial charge in [0.15, 0.2) is 0 Å². The molecule has 23 heavy (non-hydrogen) atoms. The second kappa shape index (κ2) is 8.67. The molecule has 5 heteroatoms. The highest BCUT2D eigenvalue weighted by Gasteiger charge is 2.19. The summed E-state index contributed by atoms with van der Waals surface area (Å²) in [4.78, 5) is 25.4. The summed E-state index contributed by atoms with van der Waals surface area (Å²) in [7, 11) is 0. The Bertz CT molecular complexity index is 543. The van der Waals surface area contributed by atoms with Crippen molar-refractivity contribution in [3.8, 4) is 0 Å². The predicted octanol–water partition coefficient (Wildman–Crippen LogP) is 2.81. The monoisotopic (exact) mass is 318 g/mol. The lowest BCUT2D eigenvalue weighted by Crippen LogP contribution is -2.23. The molecule has 1 N–H and O–H groups in total. The summed E-state index contributed by atoms with van der Waals surface area (Å²) >= 11 is 0. The molecule has 2 rings (SSSR count). The summed E-state index contributed by atoms with van der Waals surface area (Å²) in [5, 5.41) is 2.88. The summed E-state index contributed by atoms with van der Waals surface area (Å²) in [5.74, 6) is 0.632. The average Bonchev–Trinajstić information content (AvgIpc) is 2.89. The largest absolute Gasteiger partial charge is 0.381 e. The van der Waals surface area contributed by atoms with Crippen molar-refractivity contribution in [2.24, 2.45) is 5.92 Å². The van der Waals surface area contributed by atoms with Crippen LogP contribution in [-0.4, -0.2) is 36.5 Å². The number of likely N-dealkylation sites (tertiary alicyclic amines) is 1. The molecule has 0 aromatic heterocycles. The highest BCUT2D eigenvalue weighted by atomic mass is 16.5. The van der Waals surface area contributed by atoms with Gasteiger partial charge in [0.1, 0.15) is 0 Å². The van der Waals surface area contributed by atoms with Crippen molar-refractivity contribution in [3.63, 3.8) is 0 Å². The maximum atomic E-state index is 11.9. The van der Waals surface area contributed by atoms with Gasteiger partial charge in [0.05, 0.1) is 13.0 Å². The molecule has 0 bridgehead atoms. The van der Waals surface area contributed by atoms with Crippen molar-refractivity contribution >= 4 is 17.5 Å². The van der Waals surface area contributed by atoms with E-state index in [2.05, 4.69) is 19.2 Å². The Morgan fingerprint density at radius 3 is 2.91 bits per heavy atom. The fraction of sp³-hybridized carbons (Fsp3) is 0.556. The number of rotatable bonds is 8. The van der Waals surface area contributed by atoms with Crippen LogP contribution in [0.25, 0.3) is 0 Å². The number of nitrogens with one attached hydrogen (secondary N) is 1. The van der Waals surface area contributed by atoms with Crippen molar-refractivity contribution in [2.75, 3.05) is 25.1 Å². The van der Waals surface area contributed by atoms with E-state index in [-0.39, 0.29) is 11.8 Å². The molecule has 1 aliphatic rings. The zero-order valence-electron chi connectivity index (χ0n) is 14.0. The molecule has 1 aromatic carbocycles. The van der Waals surface area contributed by atoms with Crippen molar-refractivity contribution in [3.05, 3.63) is 29.8 Å². The first-order valence-electron chi connectivity index (χ1n) is 8.29. The minimum Gasteiger partial charge on any atom is -0.381 e. The third-order valence-corrected chi connectivity index (χ3v) is 3.68. The van der Waals surface area contributed by atoms with Gasteiger partial charge in [0.2, 0.25) is 11.8 Å². The van der Waals surface area contributed by atoms with Gasteiger partial charge >= 0.3 is 0 Å². The van der Waals surface area contributed by atoms with E-state index in [1.807, 2.05) is 29.2 Å². The average molecular weight is 318 g/mol. The number of anilines is 1. The summed E-state index contributed by atoms with van der Waals surface area (Å²) in [5.41, 5.74) is 1.80. The highest BCUT2D eigenvalue weighted by Crippen LogP contribution is 2.17. The van der Waals surface area contributed by atoms with Gasteiger partial charge < -0.3 is 15.0 Å². The van der Waals surface area contributed by atoms with Crippen molar-refractivity contribution in [1.82, 2.24) is 4.90 Å². The fourth-order valence-corrected chi connectivity index (χ4v) is 2.55. The molecule has 0 radical (unpaired) electrons.